The Hall–Kier alpha value is -2.14. The van der Waals surface area contributed by atoms with E-state index in [9.17, 15) is 4.79 Å². The zero-order valence-corrected chi connectivity index (χ0v) is 11.1. The normalized spacial score (nSPS) is 18.1. The van der Waals surface area contributed by atoms with E-state index >= 15 is 0 Å². The van der Waals surface area contributed by atoms with Gasteiger partial charge in [0.05, 0.1) is 6.10 Å². The van der Waals surface area contributed by atoms with Crippen LogP contribution in [0.3, 0.4) is 0 Å². The summed E-state index contributed by atoms with van der Waals surface area (Å²) in [5.74, 6) is 0.739. The van der Waals surface area contributed by atoms with Gasteiger partial charge < -0.3 is 15.0 Å². The van der Waals surface area contributed by atoms with Gasteiger partial charge in [-0.15, -0.1) is 0 Å². The molecule has 5 heteroatoms. The fourth-order valence-electron chi connectivity index (χ4n) is 2.32. The fraction of sp³-hybridized carbons (Fsp3) is 0.333. The molecule has 3 rings (SSSR count). The predicted octanol–water partition coefficient (Wildman–Crippen LogP) is 1.99. The first-order valence-electron chi connectivity index (χ1n) is 6.82. The third-order valence-electron chi connectivity index (χ3n) is 3.43. The Morgan fingerprint density at radius 3 is 2.90 bits per heavy atom. The van der Waals surface area contributed by atoms with Crippen molar-refractivity contribution < 1.29 is 9.53 Å². The van der Waals surface area contributed by atoms with E-state index in [1.807, 2.05) is 24.3 Å². The van der Waals surface area contributed by atoms with Crippen LogP contribution in [0.4, 0.5) is 0 Å². The van der Waals surface area contributed by atoms with Gasteiger partial charge in [0.2, 0.25) is 0 Å². The number of rotatable bonds is 4. The second kappa shape index (κ2) is 5.88. The van der Waals surface area contributed by atoms with Crippen molar-refractivity contribution in [1.82, 2.24) is 15.3 Å². The van der Waals surface area contributed by atoms with Crippen molar-refractivity contribution in [3.05, 3.63) is 42.2 Å². The summed E-state index contributed by atoms with van der Waals surface area (Å²) >= 11 is 0. The van der Waals surface area contributed by atoms with E-state index < -0.39 is 0 Å². The number of ether oxygens (including phenoxy) is 1. The van der Waals surface area contributed by atoms with Crippen LogP contribution < -0.4 is 5.32 Å². The number of hydrogen-bond acceptors (Lipinski definition) is 3. The smallest absolute Gasteiger partial charge is 0.251 e. The van der Waals surface area contributed by atoms with Crippen molar-refractivity contribution in [2.24, 2.45) is 0 Å². The largest absolute Gasteiger partial charge is 0.376 e. The molecule has 2 N–H and O–H groups in total. The van der Waals surface area contributed by atoms with Gasteiger partial charge in [-0.3, -0.25) is 4.79 Å². The monoisotopic (exact) mass is 271 g/mol. The van der Waals surface area contributed by atoms with Crippen molar-refractivity contribution in [1.29, 1.82) is 0 Å². The minimum Gasteiger partial charge on any atom is -0.376 e. The summed E-state index contributed by atoms with van der Waals surface area (Å²) in [7, 11) is 0. The highest BCUT2D eigenvalue weighted by Crippen LogP contribution is 2.15. The molecule has 20 heavy (non-hydrogen) atoms. The third-order valence-corrected chi connectivity index (χ3v) is 3.43. The van der Waals surface area contributed by atoms with Crippen LogP contribution in [0.25, 0.3) is 11.4 Å². The van der Waals surface area contributed by atoms with Gasteiger partial charge in [-0.1, -0.05) is 12.1 Å². The van der Waals surface area contributed by atoms with Crippen LogP contribution in [-0.4, -0.2) is 35.1 Å². The first-order valence-corrected chi connectivity index (χ1v) is 6.82. The Morgan fingerprint density at radius 1 is 1.40 bits per heavy atom. The van der Waals surface area contributed by atoms with Gasteiger partial charge >= 0.3 is 0 Å². The number of H-pyrrole nitrogens is 1. The molecule has 1 aromatic carbocycles. The van der Waals surface area contributed by atoms with Crippen molar-refractivity contribution in [2.45, 2.75) is 18.9 Å². The van der Waals surface area contributed by atoms with Gasteiger partial charge in [-0.2, -0.15) is 0 Å². The van der Waals surface area contributed by atoms with Gasteiger partial charge in [-0.25, -0.2) is 4.98 Å². The van der Waals surface area contributed by atoms with Crippen LogP contribution in [0.2, 0.25) is 0 Å². The highest BCUT2D eigenvalue weighted by atomic mass is 16.5. The van der Waals surface area contributed by atoms with Gasteiger partial charge in [0.25, 0.3) is 5.91 Å². The summed E-state index contributed by atoms with van der Waals surface area (Å²) in [6, 6.07) is 7.39. The number of imidazole rings is 1. The van der Waals surface area contributed by atoms with E-state index in [0.717, 1.165) is 30.8 Å². The van der Waals surface area contributed by atoms with Crippen LogP contribution in [0, 0.1) is 0 Å². The zero-order valence-electron chi connectivity index (χ0n) is 11.1. The lowest BCUT2D eigenvalue weighted by atomic mass is 10.1. The molecule has 104 valence electrons. The quantitative estimate of drug-likeness (QED) is 0.893. The van der Waals surface area contributed by atoms with E-state index in [-0.39, 0.29) is 12.0 Å². The molecule has 0 aliphatic carbocycles. The number of aromatic amines is 1. The third kappa shape index (κ3) is 2.88. The SMILES string of the molecule is O=C(NC[C@H]1CCCO1)c1ccc(-c2ncc[nH]2)cc1. The lowest BCUT2D eigenvalue weighted by Gasteiger charge is -2.10. The maximum Gasteiger partial charge on any atom is 0.251 e. The molecule has 5 nitrogen and oxygen atoms in total. The highest BCUT2D eigenvalue weighted by molar-refractivity contribution is 5.94. The van der Waals surface area contributed by atoms with E-state index in [1.165, 1.54) is 0 Å². The Bertz CT molecular complexity index is 557. The Balaban J connectivity index is 1.60. The highest BCUT2D eigenvalue weighted by Gasteiger charge is 2.16. The minimum atomic E-state index is -0.0634. The molecule has 1 saturated heterocycles. The van der Waals surface area contributed by atoms with Gasteiger partial charge in [0.1, 0.15) is 5.82 Å². The summed E-state index contributed by atoms with van der Waals surface area (Å²) in [6.45, 7) is 1.39. The molecule has 2 aromatic rings. The summed E-state index contributed by atoms with van der Waals surface area (Å²) in [6.07, 6.45) is 5.76. The van der Waals surface area contributed by atoms with Gasteiger partial charge in [0, 0.05) is 36.7 Å². The minimum absolute atomic E-state index is 0.0634. The van der Waals surface area contributed by atoms with Gasteiger partial charge in [-0.05, 0) is 25.0 Å². The number of hydrogen-bond donors (Lipinski definition) is 2. The van der Waals surface area contributed by atoms with Crippen LogP contribution in [0.15, 0.2) is 36.7 Å². The molecule has 1 aromatic heterocycles. The van der Waals surface area contributed by atoms with Crippen molar-refractivity contribution in [3.63, 3.8) is 0 Å². The average Bonchev–Trinajstić information content (AvgIpc) is 3.18. The number of aromatic nitrogens is 2. The number of benzene rings is 1. The predicted molar refractivity (Wildman–Crippen MR) is 75.3 cm³/mol. The molecule has 0 saturated carbocycles. The maximum absolute atomic E-state index is 12.0. The molecule has 1 fully saturated rings. The molecule has 2 heterocycles. The number of carbonyl (C=O) groups is 1. The van der Waals surface area contributed by atoms with Crippen LogP contribution in [0.1, 0.15) is 23.2 Å². The molecule has 1 atom stereocenters. The van der Waals surface area contributed by atoms with Gasteiger partial charge in [0.15, 0.2) is 0 Å². The summed E-state index contributed by atoms with van der Waals surface area (Å²) in [4.78, 5) is 19.2. The van der Waals surface area contributed by atoms with E-state index in [4.69, 9.17) is 4.74 Å². The van der Waals surface area contributed by atoms with E-state index in [0.29, 0.717) is 12.1 Å². The number of nitrogens with zero attached hydrogens (tertiary/aromatic N) is 1. The van der Waals surface area contributed by atoms with Crippen LogP contribution in [-0.2, 0) is 4.74 Å². The maximum atomic E-state index is 12.0. The Kier molecular flexibility index (Phi) is 3.78. The fourth-order valence-corrected chi connectivity index (χ4v) is 2.32. The second-order valence-electron chi connectivity index (χ2n) is 4.86. The topological polar surface area (TPSA) is 67.0 Å². The lowest BCUT2D eigenvalue weighted by Crippen LogP contribution is -2.31. The second-order valence-corrected chi connectivity index (χ2v) is 4.86. The number of nitrogens with one attached hydrogen (secondary N) is 2. The first-order chi connectivity index (χ1) is 9.83. The lowest BCUT2D eigenvalue weighted by molar-refractivity contribution is 0.0858. The van der Waals surface area contributed by atoms with Crippen molar-refractivity contribution >= 4 is 5.91 Å². The molecular weight excluding hydrogens is 254 g/mol. The molecule has 0 spiro atoms. The molecule has 0 unspecified atom stereocenters. The molecule has 1 aliphatic heterocycles. The molecule has 0 bridgehead atoms. The molecule has 0 radical (unpaired) electrons. The first kappa shape index (κ1) is 12.9. The summed E-state index contributed by atoms with van der Waals surface area (Å²) in [5, 5.41) is 2.91. The standard InChI is InChI=1S/C15H17N3O2/c19-15(18-10-13-2-1-9-20-13)12-5-3-11(4-6-12)14-16-7-8-17-14/h3-8,13H,1-2,9-10H2,(H,16,17)(H,18,19)/t13-/m1/s1. The average molecular weight is 271 g/mol. The van der Waals surface area contributed by atoms with Crippen molar-refractivity contribution in [3.8, 4) is 11.4 Å². The number of carbonyl (C=O) groups excluding carboxylic acids is 1. The Morgan fingerprint density at radius 2 is 2.25 bits per heavy atom. The van der Waals surface area contributed by atoms with Crippen molar-refractivity contribution in [2.75, 3.05) is 13.2 Å². The summed E-state index contributed by atoms with van der Waals surface area (Å²) < 4.78 is 5.48. The molecule has 1 aliphatic rings. The van der Waals surface area contributed by atoms with E-state index in [2.05, 4.69) is 15.3 Å². The zero-order chi connectivity index (χ0) is 13.8. The summed E-state index contributed by atoms with van der Waals surface area (Å²) in [5.41, 5.74) is 1.61. The van der Waals surface area contributed by atoms with E-state index in [1.54, 1.807) is 12.4 Å². The molecular formula is C15H17N3O2. The Labute approximate surface area is 117 Å². The van der Waals surface area contributed by atoms with Crippen LogP contribution in [0.5, 0.6) is 0 Å². The number of amides is 1. The molecule has 1 amide bonds. The van der Waals surface area contributed by atoms with Crippen LogP contribution >= 0.6 is 0 Å².